The third-order valence-electron chi connectivity index (χ3n) is 3.17. The number of aryl methyl sites for hydroxylation is 2. The molecule has 0 fully saturated rings. The summed E-state index contributed by atoms with van der Waals surface area (Å²) in [6.45, 7) is 4.08. The number of hydrazine groups is 1. The van der Waals surface area contributed by atoms with Crippen LogP contribution < -0.4 is 11.3 Å². The highest BCUT2D eigenvalue weighted by atomic mass is 35.5. The summed E-state index contributed by atoms with van der Waals surface area (Å²) in [5.41, 5.74) is 7.14. The number of aromatic nitrogens is 1. The quantitative estimate of drug-likeness (QED) is 0.666. The Kier molecular flexibility index (Phi) is 4.53. The van der Waals surface area contributed by atoms with Crippen LogP contribution in [0, 0.1) is 13.8 Å². The Hall–Kier alpha value is -1.42. The molecule has 1 atom stereocenters. The maximum atomic E-state index is 6.19. The molecule has 3 nitrogen and oxygen atoms in total. The van der Waals surface area contributed by atoms with Crippen LogP contribution >= 0.6 is 11.6 Å². The maximum Gasteiger partial charge on any atom is 0.0675 e. The van der Waals surface area contributed by atoms with Crippen molar-refractivity contribution in [1.29, 1.82) is 0 Å². The number of nitrogens with one attached hydrogen (secondary N) is 1. The van der Waals surface area contributed by atoms with E-state index in [-0.39, 0.29) is 6.04 Å². The van der Waals surface area contributed by atoms with E-state index < -0.39 is 0 Å². The zero-order valence-corrected chi connectivity index (χ0v) is 11.9. The van der Waals surface area contributed by atoms with Gasteiger partial charge in [0.25, 0.3) is 0 Å². The van der Waals surface area contributed by atoms with Crippen LogP contribution in [0.5, 0.6) is 0 Å². The number of nitrogens with two attached hydrogens (primary N) is 1. The van der Waals surface area contributed by atoms with Gasteiger partial charge in [-0.15, -0.1) is 0 Å². The Morgan fingerprint density at radius 1 is 1.32 bits per heavy atom. The lowest BCUT2D eigenvalue weighted by molar-refractivity contribution is 0.535. The molecule has 100 valence electrons. The molecule has 0 aliphatic rings. The zero-order chi connectivity index (χ0) is 13.8. The van der Waals surface area contributed by atoms with E-state index in [0.29, 0.717) is 6.42 Å². The number of pyridine rings is 1. The molecule has 1 aromatic heterocycles. The van der Waals surface area contributed by atoms with Crippen molar-refractivity contribution in [3.8, 4) is 0 Å². The van der Waals surface area contributed by atoms with Crippen LogP contribution in [0.15, 0.2) is 36.5 Å². The highest BCUT2D eigenvalue weighted by Gasteiger charge is 2.15. The van der Waals surface area contributed by atoms with Crippen LogP contribution in [0.25, 0.3) is 0 Å². The summed E-state index contributed by atoms with van der Waals surface area (Å²) < 4.78 is 0. The number of benzene rings is 1. The smallest absolute Gasteiger partial charge is 0.0675 e. The molecule has 3 N–H and O–H groups in total. The molecule has 0 saturated heterocycles. The molecule has 4 heteroatoms. The zero-order valence-electron chi connectivity index (χ0n) is 11.2. The molecule has 0 aliphatic carbocycles. The Morgan fingerprint density at radius 3 is 2.68 bits per heavy atom. The molecule has 0 amide bonds. The molecule has 19 heavy (non-hydrogen) atoms. The third kappa shape index (κ3) is 3.32. The fourth-order valence-electron chi connectivity index (χ4n) is 2.21. The van der Waals surface area contributed by atoms with E-state index in [1.165, 1.54) is 0 Å². The number of hydrogen-bond acceptors (Lipinski definition) is 3. The largest absolute Gasteiger partial charge is 0.271 e. The van der Waals surface area contributed by atoms with Gasteiger partial charge in [0.15, 0.2) is 0 Å². The number of hydrogen-bond donors (Lipinski definition) is 2. The van der Waals surface area contributed by atoms with Crippen molar-refractivity contribution in [2.45, 2.75) is 26.3 Å². The average Bonchev–Trinajstić information content (AvgIpc) is 2.39. The molecule has 1 aromatic carbocycles. The predicted octanol–water partition coefficient (Wildman–Crippen LogP) is 3.10. The fraction of sp³-hybridized carbons (Fsp3) is 0.267. The van der Waals surface area contributed by atoms with Crippen molar-refractivity contribution in [3.05, 3.63) is 63.9 Å². The predicted molar refractivity (Wildman–Crippen MR) is 78.9 cm³/mol. The van der Waals surface area contributed by atoms with Gasteiger partial charge in [-0.2, -0.15) is 0 Å². The Balaban J connectivity index is 2.28. The van der Waals surface area contributed by atoms with E-state index >= 15 is 0 Å². The Morgan fingerprint density at radius 2 is 2.05 bits per heavy atom. The first kappa shape index (κ1) is 14.0. The Bertz CT molecular complexity index is 569. The van der Waals surface area contributed by atoms with Gasteiger partial charge in [0, 0.05) is 11.2 Å². The lowest BCUT2D eigenvalue weighted by Crippen LogP contribution is -2.31. The molecule has 0 spiro atoms. The minimum absolute atomic E-state index is 0.0412. The molecule has 1 unspecified atom stereocenters. The van der Waals surface area contributed by atoms with Crippen molar-refractivity contribution in [2.75, 3.05) is 0 Å². The van der Waals surface area contributed by atoms with Crippen LogP contribution in [0.1, 0.15) is 28.4 Å². The van der Waals surface area contributed by atoms with Crippen LogP contribution in [0.3, 0.4) is 0 Å². The summed E-state index contributed by atoms with van der Waals surface area (Å²) in [6, 6.07) is 9.87. The fourth-order valence-corrected chi connectivity index (χ4v) is 2.42. The lowest BCUT2D eigenvalue weighted by atomic mass is 10.00. The maximum absolute atomic E-state index is 6.19. The summed E-state index contributed by atoms with van der Waals surface area (Å²) >= 11 is 6.19. The summed E-state index contributed by atoms with van der Waals surface area (Å²) in [7, 11) is 0. The van der Waals surface area contributed by atoms with Crippen molar-refractivity contribution in [2.24, 2.45) is 5.84 Å². The van der Waals surface area contributed by atoms with Gasteiger partial charge < -0.3 is 0 Å². The van der Waals surface area contributed by atoms with Crippen LogP contribution in [-0.2, 0) is 6.42 Å². The first-order valence-electron chi connectivity index (χ1n) is 6.24. The normalized spacial score (nSPS) is 12.4. The second-order valence-corrected chi connectivity index (χ2v) is 5.14. The highest BCUT2D eigenvalue weighted by Crippen LogP contribution is 2.24. The van der Waals surface area contributed by atoms with Gasteiger partial charge in [-0.3, -0.25) is 16.3 Å². The first-order valence-corrected chi connectivity index (χ1v) is 6.62. The molecule has 1 heterocycles. The van der Waals surface area contributed by atoms with Crippen LogP contribution in [0.2, 0.25) is 5.02 Å². The SMILES string of the molecule is Cc1cnc(C(Cc2ccccc2Cl)NN)c(C)c1. The molecule has 0 radical (unpaired) electrons. The molecular weight excluding hydrogens is 258 g/mol. The van der Waals surface area contributed by atoms with E-state index in [2.05, 4.69) is 16.5 Å². The van der Waals surface area contributed by atoms with E-state index in [0.717, 1.165) is 27.4 Å². The molecular formula is C15H18ClN3. The summed E-state index contributed by atoms with van der Waals surface area (Å²) in [5.74, 6) is 5.68. The third-order valence-corrected chi connectivity index (χ3v) is 3.54. The van der Waals surface area contributed by atoms with Crippen molar-refractivity contribution in [3.63, 3.8) is 0 Å². The van der Waals surface area contributed by atoms with Gasteiger partial charge in [0.05, 0.1) is 11.7 Å². The van der Waals surface area contributed by atoms with E-state index in [1.54, 1.807) is 0 Å². The number of nitrogens with zero attached hydrogens (tertiary/aromatic N) is 1. The molecule has 0 saturated carbocycles. The average molecular weight is 276 g/mol. The van der Waals surface area contributed by atoms with Crippen LogP contribution in [0.4, 0.5) is 0 Å². The van der Waals surface area contributed by atoms with Gasteiger partial charge in [0.2, 0.25) is 0 Å². The van der Waals surface area contributed by atoms with Gasteiger partial charge in [-0.1, -0.05) is 35.9 Å². The molecule has 0 aliphatic heterocycles. The highest BCUT2D eigenvalue weighted by molar-refractivity contribution is 6.31. The van der Waals surface area contributed by atoms with Crippen molar-refractivity contribution >= 4 is 11.6 Å². The lowest BCUT2D eigenvalue weighted by Gasteiger charge is -2.18. The minimum Gasteiger partial charge on any atom is -0.271 e. The van der Waals surface area contributed by atoms with E-state index in [1.807, 2.05) is 44.3 Å². The summed E-state index contributed by atoms with van der Waals surface area (Å²) in [6.07, 6.45) is 2.58. The van der Waals surface area contributed by atoms with Gasteiger partial charge >= 0.3 is 0 Å². The van der Waals surface area contributed by atoms with Gasteiger partial charge in [-0.05, 0) is 43.0 Å². The molecule has 2 aromatic rings. The standard InChI is InChI=1S/C15H18ClN3/c1-10-7-11(2)15(18-9-10)14(19-17)8-12-5-3-4-6-13(12)16/h3-7,9,14,19H,8,17H2,1-2H3. The molecule has 2 rings (SSSR count). The Labute approximate surface area is 118 Å². The van der Waals surface area contributed by atoms with Gasteiger partial charge in [-0.25, -0.2) is 0 Å². The molecule has 0 bridgehead atoms. The monoisotopic (exact) mass is 275 g/mol. The minimum atomic E-state index is -0.0412. The van der Waals surface area contributed by atoms with Crippen molar-refractivity contribution < 1.29 is 0 Å². The van der Waals surface area contributed by atoms with E-state index in [4.69, 9.17) is 17.4 Å². The summed E-state index contributed by atoms with van der Waals surface area (Å²) in [4.78, 5) is 4.49. The second-order valence-electron chi connectivity index (χ2n) is 4.73. The first-order chi connectivity index (χ1) is 9.11. The van der Waals surface area contributed by atoms with Crippen molar-refractivity contribution in [1.82, 2.24) is 10.4 Å². The van der Waals surface area contributed by atoms with E-state index in [9.17, 15) is 0 Å². The number of halogens is 1. The van der Waals surface area contributed by atoms with Crippen LogP contribution in [-0.4, -0.2) is 4.98 Å². The number of rotatable bonds is 4. The second kappa shape index (κ2) is 6.15. The summed E-state index contributed by atoms with van der Waals surface area (Å²) in [5, 5.41) is 0.757. The van der Waals surface area contributed by atoms with Gasteiger partial charge in [0.1, 0.15) is 0 Å². The topological polar surface area (TPSA) is 50.9 Å².